The maximum Gasteiger partial charge on any atom is 0.416 e. The highest BCUT2D eigenvalue weighted by molar-refractivity contribution is 5.77. The zero-order chi connectivity index (χ0) is 14.6. The summed E-state index contributed by atoms with van der Waals surface area (Å²) in [5, 5.41) is 9.70. The van der Waals surface area contributed by atoms with Crippen molar-refractivity contribution < 1.29 is 32.5 Å². The number of methoxy groups -OCH3 is 1. The van der Waals surface area contributed by atoms with E-state index in [0.717, 1.165) is 12.1 Å². The highest BCUT2D eigenvalue weighted by Gasteiger charge is 2.33. The van der Waals surface area contributed by atoms with E-state index in [9.17, 15) is 23.1 Å². The van der Waals surface area contributed by atoms with Crippen LogP contribution in [0, 0.1) is 0 Å². The maximum absolute atomic E-state index is 12.6. The molecule has 19 heavy (non-hydrogen) atoms. The van der Waals surface area contributed by atoms with Crippen LogP contribution >= 0.6 is 0 Å². The molecule has 1 rings (SSSR count). The summed E-state index contributed by atoms with van der Waals surface area (Å²) in [5.74, 6) is -1.05. The van der Waals surface area contributed by atoms with E-state index < -0.39 is 23.8 Å². The van der Waals surface area contributed by atoms with Crippen LogP contribution in [0.25, 0.3) is 0 Å². The van der Waals surface area contributed by atoms with Crippen molar-refractivity contribution in [2.75, 3.05) is 13.7 Å². The van der Waals surface area contributed by atoms with Crippen LogP contribution in [-0.2, 0) is 15.7 Å². The van der Waals surface area contributed by atoms with Crippen LogP contribution in [0.15, 0.2) is 18.2 Å². The van der Waals surface area contributed by atoms with E-state index in [1.165, 1.54) is 14.0 Å². The van der Waals surface area contributed by atoms with Gasteiger partial charge in [-0.1, -0.05) is 0 Å². The molecule has 106 valence electrons. The Kier molecular flexibility index (Phi) is 4.77. The second-order valence-corrected chi connectivity index (χ2v) is 3.61. The van der Waals surface area contributed by atoms with E-state index >= 15 is 0 Å². The quantitative estimate of drug-likeness (QED) is 0.859. The Labute approximate surface area is 107 Å². The van der Waals surface area contributed by atoms with Gasteiger partial charge in [-0.05, 0) is 25.1 Å². The molecule has 4 nitrogen and oxygen atoms in total. The number of carbonyl (C=O) groups is 1. The molecule has 1 atom stereocenters. The van der Waals surface area contributed by atoms with Crippen molar-refractivity contribution in [2.45, 2.75) is 19.2 Å². The number of carbonyl (C=O) groups excluding carboxylic acids is 1. The highest BCUT2D eigenvalue weighted by Crippen LogP contribution is 2.35. The van der Waals surface area contributed by atoms with Crippen LogP contribution in [-0.4, -0.2) is 24.8 Å². The molecule has 0 heterocycles. The third-order valence-corrected chi connectivity index (χ3v) is 2.36. The fraction of sp³-hybridized carbons (Fsp3) is 0.417. The van der Waals surface area contributed by atoms with Gasteiger partial charge in [0.1, 0.15) is 5.75 Å². The van der Waals surface area contributed by atoms with Crippen molar-refractivity contribution >= 4 is 5.97 Å². The lowest BCUT2D eigenvalue weighted by molar-refractivity contribution is -0.153. The van der Waals surface area contributed by atoms with Gasteiger partial charge in [-0.3, -0.25) is 0 Å². The van der Waals surface area contributed by atoms with Crippen molar-refractivity contribution in [2.24, 2.45) is 0 Å². The molecule has 1 aromatic carbocycles. The summed E-state index contributed by atoms with van der Waals surface area (Å²) in [6, 6.07) is 2.52. The average Bonchev–Trinajstić information content (AvgIpc) is 2.36. The average molecular weight is 278 g/mol. The summed E-state index contributed by atoms with van der Waals surface area (Å²) >= 11 is 0. The molecular formula is C12H13F3O4. The number of halogens is 3. The molecule has 1 aromatic rings. The number of alkyl halides is 3. The summed E-state index contributed by atoms with van der Waals surface area (Å²) in [5.41, 5.74) is -1.26. The number of ether oxygens (including phenoxy) is 2. The molecule has 0 saturated carbocycles. The minimum Gasteiger partial charge on any atom is -0.496 e. The first-order valence-corrected chi connectivity index (χ1v) is 5.41. The number of rotatable bonds is 4. The molecule has 0 saturated heterocycles. The summed E-state index contributed by atoms with van der Waals surface area (Å²) < 4.78 is 47.1. The van der Waals surface area contributed by atoms with Crippen LogP contribution in [0.2, 0.25) is 0 Å². The normalized spacial score (nSPS) is 12.9. The topological polar surface area (TPSA) is 55.8 Å². The summed E-state index contributed by atoms with van der Waals surface area (Å²) in [6.45, 7) is 1.53. The Balaban J connectivity index is 3.19. The van der Waals surface area contributed by atoms with E-state index in [1.807, 2.05) is 0 Å². The zero-order valence-corrected chi connectivity index (χ0v) is 10.3. The molecule has 1 unspecified atom stereocenters. The maximum atomic E-state index is 12.6. The molecule has 1 N–H and O–H groups in total. The largest absolute Gasteiger partial charge is 0.496 e. The van der Waals surface area contributed by atoms with Crippen LogP contribution in [0.3, 0.4) is 0 Å². The van der Waals surface area contributed by atoms with Gasteiger partial charge in [0.15, 0.2) is 6.10 Å². The number of hydrogen-bond donors (Lipinski definition) is 1. The van der Waals surface area contributed by atoms with Crippen molar-refractivity contribution in [1.29, 1.82) is 0 Å². The number of benzene rings is 1. The standard InChI is InChI=1S/C12H13F3O4/c1-3-19-11(17)10(16)8-6-7(12(13,14)15)4-5-9(8)18-2/h4-6,10,16H,3H2,1-2H3. The van der Waals surface area contributed by atoms with Gasteiger partial charge >= 0.3 is 12.1 Å². The van der Waals surface area contributed by atoms with Gasteiger partial charge in [0, 0.05) is 5.56 Å². The first-order chi connectivity index (χ1) is 8.81. The van der Waals surface area contributed by atoms with Gasteiger partial charge in [-0.25, -0.2) is 4.79 Å². The summed E-state index contributed by atoms with van der Waals surface area (Å²) in [4.78, 5) is 11.4. The van der Waals surface area contributed by atoms with Crippen LogP contribution in [0.5, 0.6) is 5.75 Å². The monoisotopic (exact) mass is 278 g/mol. The van der Waals surface area contributed by atoms with Crippen LogP contribution in [0.1, 0.15) is 24.2 Å². The van der Waals surface area contributed by atoms with E-state index in [4.69, 9.17) is 4.74 Å². The number of hydrogen-bond acceptors (Lipinski definition) is 4. The lowest BCUT2D eigenvalue weighted by Gasteiger charge is -2.16. The van der Waals surface area contributed by atoms with E-state index in [1.54, 1.807) is 0 Å². The third kappa shape index (κ3) is 3.60. The SMILES string of the molecule is CCOC(=O)C(O)c1cc(C(F)(F)F)ccc1OC. The molecule has 0 aliphatic heterocycles. The first-order valence-electron chi connectivity index (χ1n) is 5.41. The number of esters is 1. The number of aliphatic hydroxyl groups is 1. The Hall–Kier alpha value is -1.76. The highest BCUT2D eigenvalue weighted by atomic mass is 19.4. The van der Waals surface area contributed by atoms with Gasteiger partial charge in [-0.15, -0.1) is 0 Å². The van der Waals surface area contributed by atoms with Crippen molar-refractivity contribution in [3.63, 3.8) is 0 Å². The molecule has 0 aliphatic rings. The predicted octanol–water partition coefficient (Wildman–Crippen LogP) is 2.31. The smallest absolute Gasteiger partial charge is 0.416 e. The predicted molar refractivity (Wildman–Crippen MR) is 59.6 cm³/mol. The summed E-state index contributed by atoms with van der Waals surface area (Å²) in [6.07, 6.45) is -6.40. The molecule has 0 aliphatic carbocycles. The Morgan fingerprint density at radius 3 is 2.53 bits per heavy atom. The van der Waals surface area contributed by atoms with Gasteiger partial charge < -0.3 is 14.6 Å². The van der Waals surface area contributed by atoms with Crippen molar-refractivity contribution in [3.8, 4) is 5.75 Å². The van der Waals surface area contributed by atoms with Gasteiger partial charge in [0.2, 0.25) is 0 Å². The fourth-order valence-corrected chi connectivity index (χ4v) is 1.47. The minimum absolute atomic E-state index is 0.0111. The second-order valence-electron chi connectivity index (χ2n) is 3.61. The van der Waals surface area contributed by atoms with Gasteiger partial charge in [0.05, 0.1) is 19.3 Å². The lowest BCUT2D eigenvalue weighted by atomic mass is 10.0. The fourth-order valence-electron chi connectivity index (χ4n) is 1.47. The zero-order valence-electron chi connectivity index (χ0n) is 10.3. The van der Waals surface area contributed by atoms with Crippen molar-refractivity contribution in [1.82, 2.24) is 0 Å². The van der Waals surface area contributed by atoms with Crippen LogP contribution < -0.4 is 4.74 Å². The Morgan fingerprint density at radius 2 is 2.05 bits per heavy atom. The van der Waals surface area contributed by atoms with Gasteiger partial charge in [0.25, 0.3) is 0 Å². The van der Waals surface area contributed by atoms with E-state index in [0.29, 0.717) is 6.07 Å². The molecule has 0 amide bonds. The minimum atomic E-state index is -4.57. The molecule has 0 spiro atoms. The summed E-state index contributed by atoms with van der Waals surface area (Å²) in [7, 11) is 1.23. The van der Waals surface area contributed by atoms with Crippen molar-refractivity contribution in [3.05, 3.63) is 29.3 Å². The molecule has 0 aromatic heterocycles. The third-order valence-electron chi connectivity index (χ3n) is 2.36. The van der Waals surface area contributed by atoms with Gasteiger partial charge in [-0.2, -0.15) is 13.2 Å². The first kappa shape index (κ1) is 15.3. The molecule has 0 bridgehead atoms. The van der Waals surface area contributed by atoms with E-state index in [-0.39, 0.29) is 17.9 Å². The van der Waals surface area contributed by atoms with Crippen LogP contribution in [0.4, 0.5) is 13.2 Å². The lowest BCUT2D eigenvalue weighted by Crippen LogP contribution is -2.17. The molecule has 0 fully saturated rings. The second kappa shape index (κ2) is 5.92. The molecule has 0 radical (unpaired) electrons. The number of aliphatic hydroxyl groups excluding tert-OH is 1. The Bertz CT molecular complexity index is 457. The molecule has 7 heteroatoms. The van der Waals surface area contributed by atoms with E-state index in [2.05, 4.69) is 4.74 Å². The Morgan fingerprint density at radius 1 is 1.42 bits per heavy atom. The molecular weight excluding hydrogens is 265 g/mol.